The van der Waals surface area contributed by atoms with Crippen LogP contribution in [0.3, 0.4) is 0 Å². The topological polar surface area (TPSA) is 52.0 Å². The van der Waals surface area contributed by atoms with E-state index in [0.717, 1.165) is 36.1 Å². The van der Waals surface area contributed by atoms with Crippen molar-refractivity contribution in [1.29, 1.82) is 0 Å². The predicted molar refractivity (Wildman–Crippen MR) is 72.3 cm³/mol. The van der Waals surface area contributed by atoms with Crippen molar-refractivity contribution in [3.8, 4) is 11.4 Å². The van der Waals surface area contributed by atoms with Crippen LogP contribution in [-0.4, -0.2) is 28.6 Å². The summed E-state index contributed by atoms with van der Waals surface area (Å²) in [6.07, 6.45) is 4.69. The van der Waals surface area contributed by atoms with Gasteiger partial charge in [-0.25, -0.2) is 4.68 Å². The molecule has 0 radical (unpaired) electrons. The van der Waals surface area contributed by atoms with E-state index in [1.807, 2.05) is 30.5 Å². The van der Waals surface area contributed by atoms with Crippen LogP contribution in [0.15, 0.2) is 30.5 Å². The molecule has 1 N–H and O–H groups in total. The Morgan fingerprint density at radius 3 is 2.79 bits per heavy atom. The highest BCUT2D eigenvalue weighted by Gasteiger charge is 2.20. The standard InChI is InChI=1S/C14H18N4O/c1-19-14-6-4-13(5-7-14)18-10-12(16-17-18)9-15-8-11-2-3-11/h4-7,10-11,15H,2-3,8-9H2,1H3. The summed E-state index contributed by atoms with van der Waals surface area (Å²) < 4.78 is 6.92. The molecule has 1 fully saturated rings. The van der Waals surface area contributed by atoms with Gasteiger partial charge in [0.05, 0.1) is 24.7 Å². The van der Waals surface area contributed by atoms with E-state index in [-0.39, 0.29) is 0 Å². The normalized spacial score (nSPS) is 14.6. The Labute approximate surface area is 112 Å². The quantitative estimate of drug-likeness (QED) is 0.858. The summed E-state index contributed by atoms with van der Waals surface area (Å²) >= 11 is 0. The maximum atomic E-state index is 5.14. The molecule has 3 rings (SSSR count). The summed E-state index contributed by atoms with van der Waals surface area (Å²) in [7, 11) is 1.66. The monoisotopic (exact) mass is 258 g/mol. The van der Waals surface area contributed by atoms with E-state index in [9.17, 15) is 0 Å². The SMILES string of the molecule is COc1ccc(-n2cc(CNCC3CC3)nn2)cc1. The molecule has 100 valence electrons. The number of aromatic nitrogens is 3. The highest BCUT2D eigenvalue weighted by Crippen LogP contribution is 2.27. The molecule has 0 unspecified atom stereocenters. The maximum absolute atomic E-state index is 5.14. The van der Waals surface area contributed by atoms with Crippen LogP contribution in [0.1, 0.15) is 18.5 Å². The molecule has 0 saturated heterocycles. The van der Waals surface area contributed by atoms with Gasteiger partial charge in [-0.15, -0.1) is 5.10 Å². The third kappa shape index (κ3) is 3.12. The molecule has 1 aromatic heterocycles. The molecule has 0 aliphatic heterocycles. The molecule has 0 atom stereocenters. The van der Waals surface area contributed by atoms with Crippen LogP contribution in [0.5, 0.6) is 5.75 Å². The Kier molecular flexibility index (Phi) is 3.46. The molecule has 1 saturated carbocycles. The van der Waals surface area contributed by atoms with Crippen molar-refractivity contribution in [2.45, 2.75) is 19.4 Å². The number of nitrogens with one attached hydrogen (secondary N) is 1. The van der Waals surface area contributed by atoms with Crippen molar-refractivity contribution in [3.63, 3.8) is 0 Å². The Bertz CT molecular complexity index is 531. The zero-order chi connectivity index (χ0) is 13.1. The summed E-state index contributed by atoms with van der Waals surface area (Å²) in [4.78, 5) is 0. The molecule has 1 aliphatic carbocycles. The van der Waals surface area contributed by atoms with Gasteiger partial charge in [0.25, 0.3) is 0 Å². The van der Waals surface area contributed by atoms with Gasteiger partial charge in [0.15, 0.2) is 0 Å². The largest absolute Gasteiger partial charge is 0.497 e. The summed E-state index contributed by atoms with van der Waals surface area (Å²) in [5.74, 6) is 1.73. The number of hydrogen-bond acceptors (Lipinski definition) is 4. The number of methoxy groups -OCH3 is 1. The number of hydrogen-bond donors (Lipinski definition) is 1. The number of nitrogens with zero attached hydrogens (tertiary/aromatic N) is 3. The molecule has 2 aromatic rings. The van der Waals surface area contributed by atoms with E-state index < -0.39 is 0 Å². The minimum absolute atomic E-state index is 0.784. The highest BCUT2D eigenvalue weighted by molar-refractivity contribution is 5.36. The second-order valence-corrected chi connectivity index (χ2v) is 4.93. The lowest BCUT2D eigenvalue weighted by Crippen LogP contribution is -2.16. The van der Waals surface area contributed by atoms with Crippen molar-refractivity contribution in [3.05, 3.63) is 36.2 Å². The van der Waals surface area contributed by atoms with Crippen molar-refractivity contribution in [2.24, 2.45) is 5.92 Å². The molecular formula is C14H18N4O. The fourth-order valence-electron chi connectivity index (χ4n) is 1.97. The van der Waals surface area contributed by atoms with Gasteiger partial charge < -0.3 is 10.1 Å². The van der Waals surface area contributed by atoms with Crippen molar-refractivity contribution < 1.29 is 4.74 Å². The number of rotatable bonds is 6. The van der Waals surface area contributed by atoms with E-state index in [0.29, 0.717) is 0 Å². The minimum atomic E-state index is 0.784. The van der Waals surface area contributed by atoms with Crippen LogP contribution in [0.25, 0.3) is 5.69 Å². The molecular weight excluding hydrogens is 240 g/mol. The second kappa shape index (κ2) is 5.40. The summed E-state index contributed by atoms with van der Waals surface area (Å²) in [6, 6.07) is 7.77. The van der Waals surface area contributed by atoms with E-state index in [4.69, 9.17) is 4.74 Å². The van der Waals surface area contributed by atoms with E-state index in [1.54, 1.807) is 11.8 Å². The lowest BCUT2D eigenvalue weighted by molar-refractivity contribution is 0.414. The lowest BCUT2D eigenvalue weighted by Gasteiger charge is -2.02. The average molecular weight is 258 g/mol. The van der Waals surface area contributed by atoms with Crippen LogP contribution in [0.2, 0.25) is 0 Å². The van der Waals surface area contributed by atoms with Crippen molar-refractivity contribution >= 4 is 0 Å². The molecule has 1 heterocycles. The first-order valence-electron chi connectivity index (χ1n) is 6.61. The van der Waals surface area contributed by atoms with Gasteiger partial charge in [0.1, 0.15) is 5.75 Å². The smallest absolute Gasteiger partial charge is 0.119 e. The van der Waals surface area contributed by atoms with Crippen LogP contribution in [0, 0.1) is 5.92 Å². The van der Waals surface area contributed by atoms with E-state index in [1.165, 1.54) is 12.8 Å². The third-order valence-corrected chi connectivity index (χ3v) is 3.31. The van der Waals surface area contributed by atoms with Crippen molar-refractivity contribution in [1.82, 2.24) is 20.3 Å². The first-order chi connectivity index (χ1) is 9.35. The van der Waals surface area contributed by atoms with Gasteiger partial charge in [0, 0.05) is 6.54 Å². The van der Waals surface area contributed by atoms with E-state index in [2.05, 4.69) is 15.6 Å². The minimum Gasteiger partial charge on any atom is -0.497 e. The Morgan fingerprint density at radius 1 is 1.32 bits per heavy atom. The second-order valence-electron chi connectivity index (χ2n) is 4.93. The van der Waals surface area contributed by atoms with Crippen LogP contribution in [-0.2, 0) is 6.54 Å². The molecule has 0 spiro atoms. The van der Waals surface area contributed by atoms with Gasteiger partial charge in [-0.05, 0) is 49.6 Å². The fraction of sp³-hybridized carbons (Fsp3) is 0.429. The zero-order valence-corrected chi connectivity index (χ0v) is 11.0. The Hall–Kier alpha value is -1.88. The fourth-order valence-corrected chi connectivity index (χ4v) is 1.97. The first kappa shape index (κ1) is 12.2. The Balaban J connectivity index is 1.61. The highest BCUT2D eigenvalue weighted by atomic mass is 16.5. The predicted octanol–water partition coefficient (Wildman–Crippen LogP) is 1.78. The number of ether oxygens (including phenoxy) is 1. The summed E-state index contributed by atoms with van der Waals surface area (Å²) in [5.41, 5.74) is 1.96. The molecule has 0 amide bonds. The third-order valence-electron chi connectivity index (χ3n) is 3.31. The molecule has 5 heteroatoms. The molecule has 0 bridgehead atoms. The van der Waals surface area contributed by atoms with E-state index >= 15 is 0 Å². The summed E-state index contributed by atoms with van der Waals surface area (Å²) in [5, 5.41) is 11.7. The summed E-state index contributed by atoms with van der Waals surface area (Å²) in [6.45, 7) is 1.88. The Morgan fingerprint density at radius 2 is 2.11 bits per heavy atom. The van der Waals surface area contributed by atoms with Gasteiger partial charge in [-0.2, -0.15) is 0 Å². The first-order valence-corrected chi connectivity index (χ1v) is 6.61. The van der Waals surface area contributed by atoms with Crippen LogP contribution in [0.4, 0.5) is 0 Å². The van der Waals surface area contributed by atoms with Crippen LogP contribution < -0.4 is 10.1 Å². The van der Waals surface area contributed by atoms with Gasteiger partial charge in [-0.1, -0.05) is 5.21 Å². The molecule has 19 heavy (non-hydrogen) atoms. The average Bonchev–Trinajstić information content (AvgIpc) is 3.15. The lowest BCUT2D eigenvalue weighted by atomic mass is 10.3. The van der Waals surface area contributed by atoms with Crippen LogP contribution >= 0.6 is 0 Å². The molecule has 1 aromatic carbocycles. The molecule has 5 nitrogen and oxygen atoms in total. The number of benzene rings is 1. The maximum Gasteiger partial charge on any atom is 0.119 e. The zero-order valence-electron chi connectivity index (χ0n) is 11.0. The van der Waals surface area contributed by atoms with Crippen molar-refractivity contribution in [2.75, 3.05) is 13.7 Å². The van der Waals surface area contributed by atoms with Gasteiger partial charge >= 0.3 is 0 Å². The molecule has 1 aliphatic rings. The van der Waals surface area contributed by atoms with Gasteiger partial charge in [0.2, 0.25) is 0 Å². The van der Waals surface area contributed by atoms with Gasteiger partial charge in [-0.3, -0.25) is 0 Å².